The number of halogens is 3. The monoisotopic (exact) mass is 496 g/mol. The first kappa shape index (κ1) is 23.5. The number of amides is 1. The fraction of sp³-hybridized carbons (Fsp3) is 0.536. The summed E-state index contributed by atoms with van der Waals surface area (Å²) in [7, 11) is 1.82. The second-order valence-electron chi connectivity index (χ2n) is 11.6. The third-order valence-electron chi connectivity index (χ3n) is 8.89. The Labute approximate surface area is 208 Å². The highest BCUT2D eigenvalue weighted by Crippen LogP contribution is 2.57. The van der Waals surface area contributed by atoms with Gasteiger partial charge in [-0.1, -0.05) is 38.1 Å². The van der Waals surface area contributed by atoms with Crippen LogP contribution in [-0.4, -0.2) is 38.0 Å². The molecule has 0 N–H and O–H groups in total. The smallest absolute Gasteiger partial charge is 0.336 e. The third kappa shape index (κ3) is 3.71. The molecule has 0 radical (unpaired) electrons. The van der Waals surface area contributed by atoms with Gasteiger partial charge in [0.05, 0.1) is 11.9 Å². The van der Waals surface area contributed by atoms with Gasteiger partial charge in [0.25, 0.3) is 5.91 Å². The minimum absolute atomic E-state index is 0.0469. The zero-order chi connectivity index (χ0) is 25.4. The predicted octanol–water partition coefficient (Wildman–Crippen LogP) is 6.58. The molecule has 4 fully saturated rings. The maximum atomic E-state index is 14.1. The van der Waals surface area contributed by atoms with Crippen LogP contribution in [0.1, 0.15) is 79.9 Å². The molecule has 0 saturated heterocycles. The molecule has 4 bridgehead atoms. The number of rotatable bonds is 4. The Balaban J connectivity index is 1.42. The zero-order valence-electron chi connectivity index (χ0n) is 20.8. The average molecular weight is 497 g/mol. The van der Waals surface area contributed by atoms with Crippen molar-refractivity contribution in [1.29, 1.82) is 0 Å². The average Bonchev–Trinajstić information content (AvgIpc) is 3.25. The first-order valence-electron chi connectivity index (χ1n) is 12.9. The molecule has 3 aromatic rings. The van der Waals surface area contributed by atoms with E-state index >= 15 is 0 Å². The number of aromatic nitrogens is 3. The predicted molar refractivity (Wildman–Crippen MR) is 131 cm³/mol. The van der Waals surface area contributed by atoms with Gasteiger partial charge in [-0.25, -0.2) is 9.50 Å². The van der Waals surface area contributed by atoms with E-state index < -0.39 is 11.9 Å². The molecule has 0 atom stereocenters. The van der Waals surface area contributed by atoms with Gasteiger partial charge in [-0.2, -0.15) is 18.3 Å². The van der Waals surface area contributed by atoms with Crippen molar-refractivity contribution in [3.63, 3.8) is 0 Å². The fourth-order valence-electron chi connectivity index (χ4n) is 7.37. The minimum Gasteiger partial charge on any atom is -0.336 e. The van der Waals surface area contributed by atoms with Gasteiger partial charge in [0, 0.05) is 18.2 Å². The maximum absolute atomic E-state index is 14.1. The van der Waals surface area contributed by atoms with Crippen LogP contribution in [0.4, 0.5) is 13.2 Å². The molecule has 4 aliphatic carbocycles. The lowest BCUT2D eigenvalue weighted by Crippen LogP contribution is -2.60. The summed E-state index contributed by atoms with van der Waals surface area (Å²) in [5.74, 6) is 1.95. The molecule has 0 spiro atoms. The Kier molecular flexibility index (Phi) is 5.25. The lowest BCUT2D eigenvalue weighted by atomic mass is 9.52. The molecule has 1 aromatic carbocycles. The standard InChI is InChI=1S/C28H31F3N4O/c1-16(2)20-4-6-21(7-5-20)23-11-24(28(29,30)31)35-25(33-23)22(15-32-35)26(36)34(3)27-12-17-8-18(13-27)10-19(9-17)14-27/h4-7,11,15-19H,8-10,12-14H2,1-3H3. The number of hydrogen-bond donors (Lipinski definition) is 0. The number of hydrogen-bond acceptors (Lipinski definition) is 3. The van der Waals surface area contributed by atoms with Crippen LogP contribution < -0.4 is 0 Å². The Morgan fingerprint density at radius 3 is 2.17 bits per heavy atom. The molecule has 2 aromatic heterocycles. The Morgan fingerprint density at radius 1 is 1.06 bits per heavy atom. The Bertz CT molecular complexity index is 1290. The highest BCUT2D eigenvalue weighted by molar-refractivity contribution is 6.00. The van der Waals surface area contributed by atoms with Crippen molar-refractivity contribution in [3.05, 3.63) is 53.3 Å². The summed E-state index contributed by atoms with van der Waals surface area (Å²) in [6, 6.07) is 8.40. The molecule has 190 valence electrons. The quantitative estimate of drug-likeness (QED) is 0.410. The largest absolute Gasteiger partial charge is 0.433 e. The summed E-state index contributed by atoms with van der Waals surface area (Å²) >= 11 is 0. The van der Waals surface area contributed by atoms with Crippen molar-refractivity contribution in [2.75, 3.05) is 7.05 Å². The normalized spacial score (nSPS) is 27.2. The van der Waals surface area contributed by atoms with E-state index in [1.54, 1.807) is 12.1 Å². The molecule has 36 heavy (non-hydrogen) atoms. The van der Waals surface area contributed by atoms with Crippen molar-refractivity contribution in [3.8, 4) is 11.3 Å². The van der Waals surface area contributed by atoms with Gasteiger partial charge in [0.15, 0.2) is 11.3 Å². The summed E-state index contributed by atoms with van der Waals surface area (Å²) < 4.78 is 43.0. The van der Waals surface area contributed by atoms with Crippen molar-refractivity contribution < 1.29 is 18.0 Å². The van der Waals surface area contributed by atoms with Crippen LogP contribution in [-0.2, 0) is 6.18 Å². The second kappa shape index (κ2) is 8.05. The zero-order valence-corrected chi connectivity index (χ0v) is 20.8. The summed E-state index contributed by atoms with van der Waals surface area (Å²) in [6.07, 6.45) is 3.28. The van der Waals surface area contributed by atoms with E-state index in [2.05, 4.69) is 23.9 Å². The van der Waals surface area contributed by atoms with Crippen LogP contribution in [0.25, 0.3) is 16.9 Å². The number of fused-ring (bicyclic) bond motifs is 1. The summed E-state index contributed by atoms with van der Waals surface area (Å²) in [5, 5.41) is 3.99. The van der Waals surface area contributed by atoms with Gasteiger partial charge < -0.3 is 4.90 Å². The van der Waals surface area contributed by atoms with E-state index in [1.807, 2.05) is 24.1 Å². The second-order valence-corrected chi connectivity index (χ2v) is 11.6. The highest BCUT2D eigenvalue weighted by atomic mass is 19.4. The Hall–Kier alpha value is -2.90. The van der Waals surface area contributed by atoms with Crippen LogP contribution in [0.15, 0.2) is 36.5 Å². The van der Waals surface area contributed by atoms with E-state index in [-0.39, 0.29) is 28.4 Å². The molecule has 0 aliphatic heterocycles. The fourth-order valence-corrected chi connectivity index (χ4v) is 7.37. The van der Waals surface area contributed by atoms with Gasteiger partial charge in [-0.3, -0.25) is 4.79 Å². The topological polar surface area (TPSA) is 50.5 Å². The van der Waals surface area contributed by atoms with Crippen molar-refractivity contribution >= 4 is 11.6 Å². The molecular weight excluding hydrogens is 465 g/mol. The number of alkyl halides is 3. The SMILES string of the molecule is CC(C)c1ccc(-c2cc(C(F)(F)F)n3ncc(C(=O)N(C)C45CC6CC(CC(C6)C4)C5)c3n2)cc1. The first-order valence-corrected chi connectivity index (χ1v) is 12.9. The van der Waals surface area contributed by atoms with Crippen LogP contribution >= 0.6 is 0 Å². The lowest BCUT2D eigenvalue weighted by Gasteiger charge is -2.59. The number of benzene rings is 1. The van der Waals surface area contributed by atoms with Crippen LogP contribution in [0, 0.1) is 17.8 Å². The molecule has 4 aliphatic rings. The molecule has 8 heteroatoms. The van der Waals surface area contributed by atoms with Gasteiger partial charge >= 0.3 is 6.18 Å². The summed E-state index contributed by atoms with van der Waals surface area (Å²) in [6.45, 7) is 4.12. The van der Waals surface area contributed by atoms with E-state index in [9.17, 15) is 18.0 Å². The molecule has 5 nitrogen and oxygen atoms in total. The summed E-state index contributed by atoms with van der Waals surface area (Å²) in [5.41, 5.74) is 0.768. The highest BCUT2D eigenvalue weighted by Gasteiger charge is 2.54. The Morgan fingerprint density at radius 2 is 1.64 bits per heavy atom. The minimum atomic E-state index is -4.65. The molecule has 7 rings (SSSR count). The van der Waals surface area contributed by atoms with E-state index in [0.29, 0.717) is 29.2 Å². The van der Waals surface area contributed by atoms with Crippen LogP contribution in [0.2, 0.25) is 0 Å². The molecule has 1 amide bonds. The summed E-state index contributed by atoms with van der Waals surface area (Å²) in [4.78, 5) is 20.2. The molecule has 4 saturated carbocycles. The van der Waals surface area contributed by atoms with Crippen molar-refractivity contribution in [2.24, 2.45) is 17.8 Å². The molecule has 2 heterocycles. The maximum Gasteiger partial charge on any atom is 0.433 e. The van der Waals surface area contributed by atoms with Gasteiger partial charge in [-0.15, -0.1) is 0 Å². The number of nitrogens with zero attached hydrogens (tertiary/aromatic N) is 4. The van der Waals surface area contributed by atoms with Crippen molar-refractivity contribution in [1.82, 2.24) is 19.5 Å². The lowest BCUT2D eigenvalue weighted by molar-refractivity contribution is -0.142. The number of carbonyl (C=O) groups excluding carboxylic acids is 1. The number of carbonyl (C=O) groups is 1. The third-order valence-corrected chi connectivity index (χ3v) is 8.89. The van der Waals surface area contributed by atoms with Crippen LogP contribution in [0.5, 0.6) is 0 Å². The first-order chi connectivity index (χ1) is 17.0. The van der Waals surface area contributed by atoms with Gasteiger partial charge in [0.2, 0.25) is 0 Å². The van der Waals surface area contributed by atoms with Gasteiger partial charge in [0.1, 0.15) is 5.56 Å². The van der Waals surface area contributed by atoms with E-state index in [1.165, 1.54) is 25.5 Å². The van der Waals surface area contributed by atoms with Crippen molar-refractivity contribution in [2.45, 2.75) is 70.0 Å². The van der Waals surface area contributed by atoms with Crippen LogP contribution in [0.3, 0.4) is 0 Å². The molecule has 0 unspecified atom stereocenters. The molecular formula is C28H31F3N4O. The van der Waals surface area contributed by atoms with Gasteiger partial charge in [-0.05, 0) is 73.8 Å². The van der Waals surface area contributed by atoms with E-state index in [0.717, 1.165) is 35.4 Å². The van der Waals surface area contributed by atoms with E-state index in [4.69, 9.17) is 0 Å².